The largest absolute Gasteiger partial charge is 0.469 e. The molecule has 0 radical (unpaired) electrons. The van der Waals surface area contributed by atoms with Gasteiger partial charge in [-0.2, -0.15) is 0 Å². The summed E-state index contributed by atoms with van der Waals surface area (Å²) in [5.41, 5.74) is 0. The van der Waals surface area contributed by atoms with Gasteiger partial charge in [0.25, 0.3) is 0 Å². The zero-order chi connectivity index (χ0) is 9.97. The van der Waals surface area contributed by atoms with Gasteiger partial charge in [-0.15, -0.1) is 0 Å². The second-order valence-electron chi connectivity index (χ2n) is 4.77. The van der Waals surface area contributed by atoms with Crippen molar-refractivity contribution < 1.29 is 9.53 Å². The molecule has 3 atom stereocenters. The summed E-state index contributed by atoms with van der Waals surface area (Å²) in [6.07, 6.45) is 8.97. The molecular weight excluding hydrogens is 176 g/mol. The smallest absolute Gasteiger partial charge is 0.308 e. The molecule has 0 amide bonds. The molecule has 2 nitrogen and oxygen atoms in total. The molecule has 2 fully saturated rings. The summed E-state index contributed by atoms with van der Waals surface area (Å²) < 4.78 is 4.89. The molecule has 0 aromatic heterocycles. The van der Waals surface area contributed by atoms with E-state index >= 15 is 0 Å². The zero-order valence-corrected chi connectivity index (χ0v) is 9.00. The number of carbonyl (C=O) groups excluding carboxylic acids is 1. The molecule has 2 rings (SSSR count). The van der Waals surface area contributed by atoms with E-state index < -0.39 is 0 Å². The van der Waals surface area contributed by atoms with Crippen LogP contribution in [0.2, 0.25) is 0 Å². The summed E-state index contributed by atoms with van der Waals surface area (Å²) >= 11 is 0. The Kier molecular flexibility index (Phi) is 3.09. The summed E-state index contributed by atoms with van der Waals surface area (Å²) in [4.78, 5) is 11.6. The van der Waals surface area contributed by atoms with Gasteiger partial charge >= 0.3 is 5.97 Å². The molecule has 0 aliphatic heterocycles. The Bertz CT molecular complexity index is 212. The zero-order valence-electron chi connectivity index (χ0n) is 9.00. The van der Waals surface area contributed by atoms with Crippen molar-refractivity contribution in [1.29, 1.82) is 0 Å². The highest BCUT2D eigenvalue weighted by atomic mass is 16.5. The summed E-state index contributed by atoms with van der Waals surface area (Å²) in [6.45, 7) is 0. The monoisotopic (exact) mass is 196 g/mol. The molecule has 0 spiro atoms. The van der Waals surface area contributed by atoms with Gasteiger partial charge in [-0.05, 0) is 31.1 Å². The van der Waals surface area contributed by atoms with E-state index in [0.29, 0.717) is 5.92 Å². The fraction of sp³-hybridized carbons (Fsp3) is 0.917. The molecule has 2 saturated carbocycles. The lowest BCUT2D eigenvalue weighted by molar-refractivity contribution is -0.147. The molecule has 2 heteroatoms. The van der Waals surface area contributed by atoms with Crippen molar-refractivity contribution >= 4 is 5.97 Å². The number of rotatable bonds is 1. The number of ether oxygens (including phenoxy) is 1. The van der Waals surface area contributed by atoms with Gasteiger partial charge in [-0.1, -0.05) is 25.7 Å². The highest BCUT2D eigenvalue weighted by Crippen LogP contribution is 2.45. The lowest BCUT2D eigenvalue weighted by Gasteiger charge is -2.20. The van der Waals surface area contributed by atoms with Crippen molar-refractivity contribution in [2.24, 2.45) is 17.8 Å². The third kappa shape index (κ3) is 1.79. The topological polar surface area (TPSA) is 26.3 Å². The summed E-state index contributed by atoms with van der Waals surface area (Å²) in [5, 5.41) is 0. The van der Waals surface area contributed by atoms with Gasteiger partial charge in [0.2, 0.25) is 0 Å². The summed E-state index contributed by atoms with van der Waals surface area (Å²) in [5.74, 6) is 1.73. The standard InChI is InChI=1S/C12H20O2/c1-14-12(13)11-8-7-9-5-3-2-4-6-10(9)11/h9-11H,2-8H2,1H3/t9-,10+,11-/m1/s1. The molecule has 0 saturated heterocycles. The molecule has 0 aromatic carbocycles. The summed E-state index contributed by atoms with van der Waals surface area (Å²) in [6, 6.07) is 0. The third-order valence-corrected chi connectivity index (χ3v) is 4.09. The number of hydrogen-bond acceptors (Lipinski definition) is 2. The first-order valence-corrected chi connectivity index (χ1v) is 5.90. The molecular formula is C12H20O2. The van der Waals surface area contributed by atoms with E-state index in [1.54, 1.807) is 0 Å². The van der Waals surface area contributed by atoms with E-state index in [2.05, 4.69) is 0 Å². The minimum atomic E-state index is 0.0411. The van der Waals surface area contributed by atoms with E-state index in [4.69, 9.17) is 4.74 Å². The Morgan fingerprint density at radius 3 is 2.64 bits per heavy atom. The average molecular weight is 196 g/mol. The number of esters is 1. The van der Waals surface area contributed by atoms with Crippen LogP contribution in [0.4, 0.5) is 0 Å². The Balaban J connectivity index is 2.03. The molecule has 80 valence electrons. The van der Waals surface area contributed by atoms with Crippen molar-refractivity contribution in [2.75, 3.05) is 7.11 Å². The number of fused-ring (bicyclic) bond motifs is 1. The minimum Gasteiger partial charge on any atom is -0.469 e. The van der Waals surface area contributed by atoms with Crippen LogP contribution in [0.1, 0.15) is 44.9 Å². The van der Waals surface area contributed by atoms with E-state index in [0.717, 1.165) is 12.3 Å². The van der Waals surface area contributed by atoms with Crippen LogP contribution in [-0.2, 0) is 9.53 Å². The SMILES string of the molecule is COC(=O)[C@@H]1CC[C@H]2CCCCC[C@@H]21. The first-order valence-electron chi connectivity index (χ1n) is 5.90. The Morgan fingerprint density at radius 1 is 1.07 bits per heavy atom. The van der Waals surface area contributed by atoms with E-state index in [1.807, 2.05) is 0 Å². The van der Waals surface area contributed by atoms with Gasteiger partial charge in [0.1, 0.15) is 0 Å². The van der Waals surface area contributed by atoms with Crippen LogP contribution in [0.25, 0.3) is 0 Å². The molecule has 14 heavy (non-hydrogen) atoms. The van der Waals surface area contributed by atoms with Crippen molar-refractivity contribution in [3.8, 4) is 0 Å². The Labute approximate surface area is 86.0 Å². The highest BCUT2D eigenvalue weighted by Gasteiger charge is 2.40. The second kappa shape index (κ2) is 4.33. The Hall–Kier alpha value is -0.530. The van der Waals surface area contributed by atoms with Crippen molar-refractivity contribution in [2.45, 2.75) is 44.9 Å². The van der Waals surface area contributed by atoms with Gasteiger partial charge in [0.05, 0.1) is 13.0 Å². The number of hydrogen-bond donors (Lipinski definition) is 0. The maximum Gasteiger partial charge on any atom is 0.308 e. The Morgan fingerprint density at radius 2 is 1.86 bits per heavy atom. The molecule has 0 N–H and O–H groups in total. The molecule has 0 unspecified atom stereocenters. The third-order valence-electron chi connectivity index (χ3n) is 4.09. The van der Waals surface area contributed by atoms with Gasteiger partial charge in [-0.25, -0.2) is 0 Å². The maximum atomic E-state index is 11.6. The fourth-order valence-electron chi connectivity index (χ4n) is 3.35. The van der Waals surface area contributed by atoms with Crippen LogP contribution in [0, 0.1) is 17.8 Å². The van der Waals surface area contributed by atoms with E-state index in [1.165, 1.54) is 45.6 Å². The first-order chi connectivity index (χ1) is 6.83. The predicted octanol–water partition coefficient (Wildman–Crippen LogP) is 2.77. The molecule has 2 aliphatic carbocycles. The van der Waals surface area contributed by atoms with Crippen LogP contribution in [-0.4, -0.2) is 13.1 Å². The molecule has 0 bridgehead atoms. The van der Waals surface area contributed by atoms with Gasteiger partial charge in [0.15, 0.2) is 0 Å². The normalized spacial score (nSPS) is 37.4. The fourth-order valence-corrected chi connectivity index (χ4v) is 3.35. The molecule has 0 aromatic rings. The van der Waals surface area contributed by atoms with Gasteiger partial charge in [0, 0.05) is 0 Å². The first kappa shape index (κ1) is 10.0. The average Bonchev–Trinajstić information content (AvgIpc) is 2.46. The van der Waals surface area contributed by atoms with Crippen molar-refractivity contribution in [3.05, 3.63) is 0 Å². The van der Waals surface area contributed by atoms with Gasteiger partial charge < -0.3 is 4.74 Å². The highest BCUT2D eigenvalue weighted by molar-refractivity contribution is 5.73. The van der Waals surface area contributed by atoms with Crippen LogP contribution in [0.5, 0.6) is 0 Å². The van der Waals surface area contributed by atoms with Crippen LogP contribution < -0.4 is 0 Å². The maximum absolute atomic E-state index is 11.6. The van der Waals surface area contributed by atoms with Crippen LogP contribution >= 0.6 is 0 Å². The number of methoxy groups -OCH3 is 1. The predicted molar refractivity (Wildman–Crippen MR) is 54.8 cm³/mol. The van der Waals surface area contributed by atoms with Gasteiger partial charge in [-0.3, -0.25) is 4.79 Å². The van der Waals surface area contributed by atoms with Crippen molar-refractivity contribution in [3.63, 3.8) is 0 Å². The minimum absolute atomic E-state index is 0.0411. The molecule has 2 aliphatic rings. The number of carbonyl (C=O) groups is 1. The van der Waals surface area contributed by atoms with Crippen molar-refractivity contribution in [1.82, 2.24) is 0 Å². The lowest BCUT2D eigenvalue weighted by atomic mass is 9.86. The van der Waals surface area contributed by atoms with E-state index in [9.17, 15) is 4.79 Å². The quantitative estimate of drug-likeness (QED) is 0.603. The van der Waals surface area contributed by atoms with Crippen LogP contribution in [0.15, 0.2) is 0 Å². The van der Waals surface area contributed by atoms with Crippen LogP contribution in [0.3, 0.4) is 0 Å². The van der Waals surface area contributed by atoms with E-state index in [-0.39, 0.29) is 11.9 Å². The molecule has 0 heterocycles. The lowest BCUT2D eigenvalue weighted by Crippen LogP contribution is -2.22. The second-order valence-corrected chi connectivity index (χ2v) is 4.77. The summed E-state index contributed by atoms with van der Waals surface area (Å²) in [7, 11) is 1.52.